The molecule has 0 bridgehead atoms. The molecule has 0 aliphatic rings. The van der Waals surface area contributed by atoms with Crippen LogP contribution in [0.3, 0.4) is 0 Å². The Labute approximate surface area is 116 Å². The molecule has 1 heterocycles. The molecule has 0 saturated heterocycles. The first kappa shape index (κ1) is 17.3. The highest BCUT2D eigenvalue weighted by Crippen LogP contribution is 2.07. The van der Waals surface area contributed by atoms with Crippen LogP contribution in [0.4, 0.5) is 5.69 Å². The molecule has 1 aromatic heterocycles. The van der Waals surface area contributed by atoms with E-state index in [0.29, 0.717) is 13.1 Å². The summed E-state index contributed by atoms with van der Waals surface area (Å²) in [5.74, 6) is -0.160. The maximum Gasteiger partial charge on any atom is 0.306 e. The standard InChI is InChI=1S/C10H17N5O3.ClH/c1-10(2,11)7-12-9(16)3-4-14-6-8(5-13-14)15(17)18;/h5-6H,3-4,7,11H2,1-2H3,(H,12,16);1H. The lowest BCUT2D eigenvalue weighted by molar-refractivity contribution is -0.385. The zero-order valence-electron chi connectivity index (χ0n) is 10.8. The zero-order valence-corrected chi connectivity index (χ0v) is 11.6. The molecule has 0 saturated carbocycles. The highest BCUT2D eigenvalue weighted by Gasteiger charge is 2.13. The summed E-state index contributed by atoms with van der Waals surface area (Å²) in [5, 5.41) is 16.9. The summed E-state index contributed by atoms with van der Waals surface area (Å²) in [6, 6.07) is 0. The van der Waals surface area contributed by atoms with Gasteiger partial charge in [-0.3, -0.25) is 19.6 Å². The number of nitro groups is 1. The molecule has 0 aliphatic heterocycles. The van der Waals surface area contributed by atoms with Gasteiger partial charge >= 0.3 is 5.69 Å². The lowest BCUT2D eigenvalue weighted by Gasteiger charge is -2.18. The molecule has 0 aromatic carbocycles. The fourth-order valence-corrected chi connectivity index (χ4v) is 1.20. The number of nitrogens with zero attached hydrogens (tertiary/aromatic N) is 3. The third-order valence-electron chi connectivity index (χ3n) is 2.14. The number of halogens is 1. The van der Waals surface area contributed by atoms with E-state index in [-0.39, 0.29) is 30.4 Å². The van der Waals surface area contributed by atoms with Crippen LogP contribution in [-0.2, 0) is 11.3 Å². The second-order valence-corrected chi connectivity index (χ2v) is 4.73. The Morgan fingerprint density at radius 2 is 2.26 bits per heavy atom. The van der Waals surface area contributed by atoms with Crippen LogP contribution in [0.15, 0.2) is 12.4 Å². The number of aryl methyl sites for hydroxylation is 1. The van der Waals surface area contributed by atoms with Crippen LogP contribution in [0, 0.1) is 10.1 Å². The van der Waals surface area contributed by atoms with Gasteiger partial charge < -0.3 is 11.1 Å². The van der Waals surface area contributed by atoms with E-state index in [1.807, 2.05) is 13.8 Å². The van der Waals surface area contributed by atoms with E-state index in [1.165, 1.54) is 10.9 Å². The van der Waals surface area contributed by atoms with Crippen molar-refractivity contribution in [2.24, 2.45) is 5.73 Å². The summed E-state index contributed by atoms with van der Waals surface area (Å²) in [6.07, 6.45) is 2.65. The van der Waals surface area contributed by atoms with Gasteiger partial charge in [0.25, 0.3) is 0 Å². The van der Waals surface area contributed by atoms with Crippen LogP contribution in [0.2, 0.25) is 0 Å². The first-order valence-corrected chi connectivity index (χ1v) is 5.50. The molecule has 0 fully saturated rings. The molecule has 0 atom stereocenters. The second kappa shape index (κ2) is 7.05. The SMILES string of the molecule is CC(C)(N)CNC(=O)CCn1cc([N+](=O)[O-])cn1.Cl. The Morgan fingerprint density at radius 1 is 1.63 bits per heavy atom. The molecule has 0 radical (unpaired) electrons. The van der Waals surface area contributed by atoms with Gasteiger partial charge in [-0.2, -0.15) is 5.10 Å². The number of amides is 1. The smallest absolute Gasteiger partial charge is 0.306 e. The number of nitrogens with two attached hydrogens (primary N) is 1. The number of aromatic nitrogens is 2. The fraction of sp³-hybridized carbons (Fsp3) is 0.600. The highest BCUT2D eigenvalue weighted by molar-refractivity contribution is 5.85. The largest absolute Gasteiger partial charge is 0.354 e. The predicted molar refractivity (Wildman–Crippen MR) is 72.0 cm³/mol. The number of nitrogens with one attached hydrogen (secondary N) is 1. The van der Waals surface area contributed by atoms with Gasteiger partial charge in [-0.05, 0) is 13.8 Å². The van der Waals surface area contributed by atoms with E-state index in [1.54, 1.807) is 0 Å². The average Bonchev–Trinajstić information content (AvgIpc) is 2.71. The number of carbonyl (C=O) groups is 1. The molecule has 1 aromatic rings. The molecule has 8 nitrogen and oxygen atoms in total. The molecular weight excluding hydrogens is 274 g/mol. The molecule has 19 heavy (non-hydrogen) atoms. The van der Waals surface area contributed by atoms with Crippen molar-refractivity contribution in [3.8, 4) is 0 Å². The van der Waals surface area contributed by atoms with E-state index >= 15 is 0 Å². The number of hydrogen-bond donors (Lipinski definition) is 2. The summed E-state index contributed by atoms with van der Waals surface area (Å²) in [5.41, 5.74) is 5.18. The van der Waals surface area contributed by atoms with Gasteiger partial charge in [0, 0.05) is 25.0 Å². The lowest BCUT2D eigenvalue weighted by atomic mass is 10.1. The van der Waals surface area contributed by atoms with Crippen LogP contribution in [-0.4, -0.2) is 32.7 Å². The van der Waals surface area contributed by atoms with E-state index in [0.717, 1.165) is 6.20 Å². The van der Waals surface area contributed by atoms with Gasteiger partial charge in [0.2, 0.25) is 5.91 Å². The molecule has 9 heteroatoms. The number of rotatable bonds is 6. The lowest BCUT2D eigenvalue weighted by Crippen LogP contribution is -2.45. The van der Waals surface area contributed by atoms with Crippen molar-refractivity contribution < 1.29 is 9.72 Å². The monoisotopic (exact) mass is 291 g/mol. The molecule has 1 rings (SSSR count). The van der Waals surface area contributed by atoms with E-state index < -0.39 is 10.5 Å². The maximum atomic E-state index is 11.5. The first-order valence-electron chi connectivity index (χ1n) is 5.50. The maximum absolute atomic E-state index is 11.5. The summed E-state index contributed by atoms with van der Waals surface area (Å²) in [7, 11) is 0. The minimum Gasteiger partial charge on any atom is -0.354 e. The van der Waals surface area contributed by atoms with Gasteiger partial charge in [-0.25, -0.2) is 0 Å². The summed E-state index contributed by atoms with van der Waals surface area (Å²) >= 11 is 0. The molecule has 0 aliphatic carbocycles. The Morgan fingerprint density at radius 3 is 2.74 bits per heavy atom. The normalized spacial score (nSPS) is 10.7. The van der Waals surface area contributed by atoms with E-state index in [4.69, 9.17) is 5.73 Å². The highest BCUT2D eigenvalue weighted by atomic mass is 35.5. The molecule has 3 N–H and O–H groups in total. The van der Waals surface area contributed by atoms with Crippen LogP contribution >= 0.6 is 12.4 Å². The topological polar surface area (TPSA) is 116 Å². The zero-order chi connectivity index (χ0) is 13.8. The van der Waals surface area contributed by atoms with Gasteiger partial charge in [-0.1, -0.05) is 0 Å². The van der Waals surface area contributed by atoms with E-state index in [9.17, 15) is 14.9 Å². The van der Waals surface area contributed by atoms with E-state index in [2.05, 4.69) is 10.4 Å². The van der Waals surface area contributed by atoms with Crippen molar-refractivity contribution in [2.45, 2.75) is 32.4 Å². The Hall–Kier alpha value is -1.67. The Bertz CT molecular complexity index is 441. The molecule has 0 spiro atoms. The molecular formula is C10H18ClN5O3. The first-order chi connectivity index (χ1) is 8.28. The summed E-state index contributed by atoms with van der Waals surface area (Å²) < 4.78 is 1.37. The third kappa shape index (κ3) is 6.73. The average molecular weight is 292 g/mol. The fourth-order valence-electron chi connectivity index (χ4n) is 1.20. The van der Waals surface area contributed by atoms with Crippen LogP contribution < -0.4 is 11.1 Å². The van der Waals surface area contributed by atoms with Gasteiger partial charge in [0.05, 0.1) is 4.92 Å². The van der Waals surface area contributed by atoms with Crippen molar-refractivity contribution in [2.75, 3.05) is 6.54 Å². The van der Waals surface area contributed by atoms with Crippen LogP contribution in [0.5, 0.6) is 0 Å². The quantitative estimate of drug-likeness (QED) is 0.583. The molecule has 108 valence electrons. The second-order valence-electron chi connectivity index (χ2n) is 4.73. The van der Waals surface area contributed by atoms with Crippen LogP contribution in [0.1, 0.15) is 20.3 Å². The van der Waals surface area contributed by atoms with Crippen molar-refractivity contribution >= 4 is 24.0 Å². The number of carbonyl (C=O) groups excluding carboxylic acids is 1. The van der Waals surface area contributed by atoms with Crippen LogP contribution in [0.25, 0.3) is 0 Å². The predicted octanol–water partition coefficient (Wildman–Crippen LogP) is 0.457. The minimum absolute atomic E-state index is 0. The van der Waals surface area contributed by atoms with Gasteiger partial charge in [-0.15, -0.1) is 12.4 Å². The summed E-state index contributed by atoms with van der Waals surface area (Å²) in [6.45, 7) is 4.30. The molecule has 0 unspecified atom stereocenters. The number of hydrogen-bond acceptors (Lipinski definition) is 5. The van der Waals surface area contributed by atoms with Crippen molar-refractivity contribution in [1.82, 2.24) is 15.1 Å². The molecule has 1 amide bonds. The minimum atomic E-state index is -0.527. The van der Waals surface area contributed by atoms with Gasteiger partial charge in [0.15, 0.2) is 0 Å². The van der Waals surface area contributed by atoms with Gasteiger partial charge in [0.1, 0.15) is 12.4 Å². The summed E-state index contributed by atoms with van der Waals surface area (Å²) in [4.78, 5) is 21.4. The third-order valence-corrected chi connectivity index (χ3v) is 2.14. The van der Waals surface area contributed by atoms with Crippen molar-refractivity contribution in [3.05, 3.63) is 22.5 Å². The van der Waals surface area contributed by atoms with Crippen molar-refractivity contribution in [3.63, 3.8) is 0 Å². The Kier molecular flexibility index (Phi) is 6.43. The Balaban J connectivity index is 0.00000324. The van der Waals surface area contributed by atoms with Crippen molar-refractivity contribution in [1.29, 1.82) is 0 Å².